The quantitative estimate of drug-likeness (QED) is 0.343. The van der Waals surface area contributed by atoms with Gasteiger partial charge in [-0.3, -0.25) is 29.3 Å². The van der Waals surface area contributed by atoms with Crippen LogP contribution in [0.25, 0.3) is 32.9 Å². The molecule has 0 saturated carbocycles. The minimum absolute atomic E-state index is 0.0771. The Hall–Kier alpha value is -4.69. The van der Waals surface area contributed by atoms with E-state index in [9.17, 15) is 14.4 Å². The lowest BCUT2D eigenvalue weighted by Crippen LogP contribution is -2.35. The maximum absolute atomic E-state index is 12.6. The van der Waals surface area contributed by atoms with Crippen LogP contribution >= 0.6 is 0 Å². The van der Waals surface area contributed by atoms with Gasteiger partial charge in [-0.2, -0.15) is 0 Å². The molecule has 0 bridgehead atoms. The predicted octanol–water partition coefficient (Wildman–Crippen LogP) is 3.51. The summed E-state index contributed by atoms with van der Waals surface area (Å²) in [6.07, 6.45) is 8.64. The van der Waals surface area contributed by atoms with Crippen molar-refractivity contribution in [1.29, 1.82) is 0 Å². The highest BCUT2D eigenvalue weighted by molar-refractivity contribution is 6.28. The number of imide groups is 1. The molecule has 5 heterocycles. The molecule has 1 saturated heterocycles. The van der Waals surface area contributed by atoms with E-state index in [0.29, 0.717) is 11.4 Å². The number of aromatic nitrogens is 2. The molecule has 35 heavy (non-hydrogen) atoms. The van der Waals surface area contributed by atoms with E-state index in [4.69, 9.17) is 4.74 Å². The van der Waals surface area contributed by atoms with Crippen LogP contribution in [0.5, 0.6) is 0 Å². The lowest BCUT2D eigenvalue weighted by molar-refractivity contribution is -0.120. The summed E-state index contributed by atoms with van der Waals surface area (Å²) >= 11 is 0. The summed E-state index contributed by atoms with van der Waals surface area (Å²) in [6, 6.07) is 15.3. The van der Waals surface area contributed by atoms with Crippen LogP contribution in [0.15, 0.2) is 85.2 Å². The van der Waals surface area contributed by atoms with Gasteiger partial charge in [0, 0.05) is 29.0 Å². The number of fused-ring (bicyclic) bond motifs is 3. The van der Waals surface area contributed by atoms with Gasteiger partial charge in [-0.1, -0.05) is 24.3 Å². The zero-order valence-corrected chi connectivity index (χ0v) is 18.2. The maximum atomic E-state index is 12.6. The van der Waals surface area contributed by atoms with Crippen LogP contribution < -0.4 is 9.80 Å². The Morgan fingerprint density at radius 1 is 0.714 bits per heavy atom. The van der Waals surface area contributed by atoms with Gasteiger partial charge >= 0.3 is 0 Å². The fourth-order valence-electron chi connectivity index (χ4n) is 4.78. The SMILES string of the molecule is O=C1C=CC(=O)N1c1cnc2cccc(-c3cccc4ncc(N5C(=O)C=CC6OC65)cc34)c2c1. The third kappa shape index (κ3) is 3.00. The molecule has 3 aliphatic heterocycles. The fourth-order valence-corrected chi connectivity index (χ4v) is 4.78. The molecule has 8 heteroatoms. The highest BCUT2D eigenvalue weighted by atomic mass is 16.6. The molecular formula is C27H16N4O4. The van der Waals surface area contributed by atoms with Crippen molar-refractivity contribution in [3.63, 3.8) is 0 Å². The van der Waals surface area contributed by atoms with Gasteiger partial charge in [-0.15, -0.1) is 0 Å². The molecule has 4 aromatic rings. The maximum Gasteiger partial charge on any atom is 0.258 e. The van der Waals surface area contributed by atoms with Crippen molar-refractivity contribution >= 4 is 50.9 Å². The zero-order chi connectivity index (χ0) is 23.7. The molecule has 2 unspecified atom stereocenters. The van der Waals surface area contributed by atoms with Gasteiger partial charge in [-0.25, -0.2) is 4.90 Å². The molecule has 0 N–H and O–H groups in total. The van der Waals surface area contributed by atoms with Crippen molar-refractivity contribution in [1.82, 2.24) is 9.97 Å². The molecule has 2 aromatic carbocycles. The van der Waals surface area contributed by atoms with Crippen molar-refractivity contribution in [3.05, 3.63) is 85.2 Å². The molecule has 3 amide bonds. The van der Waals surface area contributed by atoms with Gasteiger partial charge in [0.2, 0.25) is 0 Å². The van der Waals surface area contributed by atoms with E-state index in [1.54, 1.807) is 23.2 Å². The number of hydrogen-bond acceptors (Lipinski definition) is 6. The Kier molecular flexibility index (Phi) is 4.04. The third-order valence-corrected chi connectivity index (χ3v) is 6.48. The second-order valence-corrected chi connectivity index (χ2v) is 8.54. The highest BCUT2D eigenvalue weighted by Crippen LogP contribution is 2.39. The summed E-state index contributed by atoms with van der Waals surface area (Å²) in [4.78, 5) is 48.9. The van der Waals surface area contributed by atoms with Gasteiger partial charge in [0.05, 0.1) is 34.8 Å². The normalized spacial score (nSPS) is 20.9. The number of anilines is 2. The van der Waals surface area contributed by atoms with Crippen LogP contribution in [0.1, 0.15) is 0 Å². The number of carbonyl (C=O) groups excluding carboxylic acids is 3. The number of amides is 3. The fraction of sp³-hybridized carbons (Fsp3) is 0.0741. The molecule has 7 rings (SSSR count). The Bertz CT molecular complexity index is 1660. The number of rotatable bonds is 3. The van der Waals surface area contributed by atoms with Crippen molar-refractivity contribution < 1.29 is 19.1 Å². The van der Waals surface area contributed by atoms with Crippen LogP contribution in [0.2, 0.25) is 0 Å². The number of hydrogen-bond donors (Lipinski definition) is 0. The summed E-state index contributed by atoms with van der Waals surface area (Å²) in [5.41, 5.74) is 4.34. The smallest absolute Gasteiger partial charge is 0.258 e. The van der Waals surface area contributed by atoms with Crippen LogP contribution in [-0.2, 0) is 19.1 Å². The summed E-state index contributed by atoms with van der Waals surface area (Å²) in [7, 11) is 0. The van der Waals surface area contributed by atoms with E-state index < -0.39 is 11.8 Å². The average molecular weight is 460 g/mol. The van der Waals surface area contributed by atoms with Crippen molar-refractivity contribution in [3.8, 4) is 11.1 Å². The summed E-state index contributed by atoms with van der Waals surface area (Å²) in [5.74, 6) is -0.933. The molecule has 2 atom stereocenters. The Morgan fingerprint density at radius 2 is 1.31 bits per heavy atom. The van der Waals surface area contributed by atoms with E-state index in [2.05, 4.69) is 9.97 Å². The monoisotopic (exact) mass is 460 g/mol. The average Bonchev–Trinajstić information content (AvgIpc) is 3.58. The first kappa shape index (κ1) is 19.7. The second-order valence-electron chi connectivity index (χ2n) is 8.54. The second kappa shape index (κ2) is 7.15. The minimum Gasteiger partial charge on any atom is -0.343 e. The number of epoxide rings is 1. The highest BCUT2D eigenvalue weighted by Gasteiger charge is 2.47. The lowest BCUT2D eigenvalue weighted by atomic mass is 9.96. The van der Waals surface area contributed by atoms with Crippen molar-refractivity contribution in [2.24, 2.45) is 0 Å². The Morgan fingerprint density at radius 3 is 1.97 bits per heavy atom. The van der Waals surface area contributed by atoms with E-state index in [1.165, 1.54) is 24.4 Å². The summed E-state index contributed by atoms with van der Waals surface area (Å²) in [6.45, 7) is 0. The summed E-state index contributed by atoms with van der Waals surface area (Å²) < 4.78 is 5.60. The van der Waals surface area contributed by atoms with Gasteiger partial charge < -0.3 is 4.74 Å². The van der Waals surface area contributed by atoms with Gasteiger partial charge in [0.15, 0.2) is 6.23 Å². The molecule has 8 nitrogen and oxygen atoms in total. The first-order chi connectivity index (χ1) is 17.1. The Balaban J connectivity index is 1.41. The molecule has 0 radical (unpaired) electrons. The van der Waals surface area contributed by atoms with Crippen LogP contribution in [0, 0.1) is 0 Å². The standard InChI is InChI=1S/C27H16N4O4/c32-24-9-10-25(33)30(24)15-11-19-17(3-1-5-21(19)28-13-15)18-4-2-6-22-20(18)12-16(14-29-22)31-26(34)8-7-23-27(31)35-23/h1-14,23,27H. The minimum atomic E-state index is -0.395. The molecule has 0 spiro atoms. The topological polar surface area (TPSA) is 96.0 Å². The number of pyridine rings is 2. The van der Waals surface area contributed by atoms with Crippen molar-refractivity contribution in [2.45, 2.75) is 12.3 Å². The molecular weight excluding hydrogens is 444 g/mol. The van der Waals surface area contributed by atoms with Gasteiger partial charge in [-0.05, 0) is 41.5 Å². The molecule has 3 aliphatic rings. The van der Waals surface area contributed by atoms with Crippen LogP contribution in [0.4, 0.5) is 11.4 Å². The first-order valence-corrected chi connectivity index (χ1v) is 11.1. The number of nitrogens with zero attached hydrogens (tertiary/aromatic N) is 4. The third-order valence-electron chi connectivity index (χ3n) is 6.48. The van der Waals surface area contributed by atoms with Crippen LogP contribution in [-0.4, -0.2) is 40.0 Å². The lowest BCUT2D eigenvalue weighted by Gasteiger charge is -2.21. The zero-order valence-electron chi connectivity index (χ0n) is 18.2. The van der Waals surface area contributed by atoms with Gasteiger partial charge in [0.25, 0.3) is 17.7 Å². The Labute approximate surface area is 198 Å². The van der Waals surface area contributed by atoms with E-state index in [0.717, 1.165) is 37.8 Å². The molecule has 168 valence electrons. The van der Waals surface area contributed by atoms with E-state index in [1.807, 2.05) is 42.5 Å². The largest absolute Gasteiger partial charge is 0.343 e. The number of ether oxygens (including phenoxy) is 1. The molecule has 1 fully saturated rings. The van der Waals surface area contributed by atoms with E-state index in [-0.39, 0.29) is 18.2 Å². The van der Waals surface area contributed by atoms with E-state index >= 15 is 0 Å². The number of benzene rings is 2. The predicted molar refractivity (Wildman–Crippen MR) is 129 cm³/mol. The van der Waals surface area contributed by atoms with Gasteiger partial charge in [0.1, 0.15) is 6.10 Å². The van der Waals surface area contributed by atoms with Crippen molar-refractivity contribution in [2.75, 3.05) is 9.80 Å². The first-order valence-electron chi connectivity index (χ1n) is 11.1. The van der Waals surface area contributed by atoms with Crippen LogP contribution in [0.3, 0.4) is 0 Å². The summed E-state index contributed by atoms with van der Waals surface area (Å²) in [5, 5.41) is 1.65. The number of carbonyl (C=O) groups is 3. The molecule has 2 aromatic heterocycles. The molecule has 0 aliphatic carbocycles.